The molecule has 21 heavy (non-hydrogen) atoms. The second-order valence-corrected chi connectivity index (χ2v) is 5.70. The Morgan fingerprint density at radius 1 is 1.38 bits per heavy atom. The van der Waals surface area contributed by atoms with Crippen LogP contribution in [0.1, 0.15) is 32.2 Å². The van der Waals surface area contributed by atoms with E-state index in [-0.39, 0.29) is 12.5 Å². The number of aliphatic hydroxyl groups is 1. The fraction of sp³-hybridized carbons (Fsp3) is 0.250. The Labute approximate surface area is 127 Å². The number of aryl methyl sites for hydroxylation is 1. The molecule has 0 aliphatic carbocycles. The lowest BCUT2D eigenvalue weighted by atomic mass is 10.1. The minimum Gasteiger partial charge on any atom is -0.395 e. The number of aromatic nitrogens is 1. The Balaban J connectivity index is 1.92. The summed E-state index contributed by atoms with van der Waals surface area (Å²) in [6, 6.07) is 7.10. The molecule has 0 saturated heterocycles. The summed E-state index contributed by atoms with van der Waals surface area (Å²) in [6.07, 6.45) is 2.23. The van der Waals surface area contributed by atoms with Crippen LogP contribution in [0, 0.1) is 18.8 Å². The molecule has 1 aromatic carbocycles. The van der Waals surface area contributed by atoms with Gasteiger partial charge in [0.25, 0.3) is 5.91 Å². The number of hydrogen-bond acceptors (Lipinski definition) is 4. The van der Waals surface area contributed by atoms with Crippen LogP contribution in [0.4, 0.5) is 0 Å². The van der Waals surface area contributed by atoms with E-state index in [1.54, 1.807) is 41.8 Å². The number of thiazole rings is 1. The quantitative estimate of drug-likeness (QED) is 0.850. The normalized spacial score (nSPS) is 9.81. The van der Waals surface area contributed by atoms with Gasteiger partial charge >= 0.3 is 0 Å². The Morgan fingerprint density at radius 3 is 2.76 bits per heavy atom. The Bertz CT molecular complexity index is 666. The highest BCUT2D eigenvalue weighted by molar-refractivity contribution is 7.11. The van der Waals surface area contributed by atoms with Crippen molar-refractivity contribution >= 4 is 17.2 Å². The number of carbonyl (C=O) groups excluding carboxylic acids is 1. The Hall–Kier alpha value is -2.16. The van der Waals surface area contributed by atoms with Gasteiger partial charge in [-0.3, -0.25) is 4.79 Å². The van der Waals surface area contributed by atoms with Crippen molar-refractivity contribution in [3.63, 3.8) is 0 Å². The first-order valence-corrected chi connectivity index (χ1v) is 7.40. The number of nitrogens with one attached hydrogen (secondary N) is 1. The Kier molecular flexibility index (Phi) is 5.50. The minimum atomic E-state index is -0.115. The van der Waals surface area contributed by atoms with Crippen LogP contribution in [0.25, 0.3) is 0 Å². The molecular weight excluding hydrogens is 284 g/mol. The molecule has 0 fully saturated rings. The lowest BCUT2D eigenvalue weighted by Gasteiger charge is -2.03. The van der Waals surface area contributed by atoms with Crippen molar-refractivity contribution in [3.8, 4) is 11.8 Å². The Morgan fingerprint density at radius 2 is 2.14 bits per heavy atom. The topological polar surface area (TPSA) is 62.2 Å². The summed E-state index contributed by atoms with van der Waals surface area (Å²) in [5.74, 6) is 5.65. The van der Waals surface area contributed by atoms with Gasteiger partial charge in [0.2, 0.25) is 0 Å². The number of amides is 1. The molecule has 0 aliphatic rings. The largest absolute Gasteiger partial charge is 0.395 e. The summed E-state index contributed by atoms with van der Waals surface area (Å²) in [6.45, 7) is 2.49. The molecule has 2 aromatic rings. The van der Waals surface area contributed by atoms with Crippen LogP contribution >= 0.6 is 11.3 Å². The van der Waals surface area contributed by atoms with Gasteiger partial charge in [-0.1, -0.05) is 11.8 Å². The second kappa shape index (κ2) is 7.58. The van der Waals surface area contributed by atoms with E-state index in [1.807, 2.05) is 6.92 Å². The molecule has 1 amide bonds. The number of hydrogen-bond donors (Lipinski definition) is 2. The maximum absolute atomic E-state index is 12.0. The van der Waals surface area contributed by atoms with E-state index in [9.17, 15) is 4.79 Å². The van der Waals surface area contributed by atoms with E-state index in [0.29, 0.717) is 18.5 Å². The van der Waals surface area contributed by atoms with Gasteiger partial charge in [0.15, 0.2) is 0 Å². The molecule has 108 valence electrons. The van der Waals surface area contributed by atoms with E-state index in [0.717, 1.165) is 15.4 Å². The van der Waals surface area contributed by atoms with Gasteiger partial charge in [-0.05, 0) is 31.2 Å². The van der Waals surface area contributed by atoms with Crippen molar-refractivity contribution in [3.05, 3.63) is 51.5 Å². The third-order valence-corrected chi connectivity index (χ3v) is 3.62. The third-order valence-electron chi connectivity index (χ3n) is 2.71. The average Bonchev–Trinajstić information content (AvgIpc) is 2.91. The summed E-state index contributed by atoms with van der Waals surface area (Å²) >= 11 is 1.57. The molecule has 0 atom stereocenters. The summed E-state index contributed by atoms with van der Waals surface area (Å²) in [5.41, 5.74) is 1.43. The van der Waals surface area contributed by atoms with Crippen LogP contribution in [0.2, 0.25) is 0 Å². The molecule has 0 unspecified atom stereocenters. The predicted molar refractivity (Wildman–Crippen MR) is 83.0 cm³/mol. The molecule has 4 nitrogen and oxygen atoms in total. The maximum Gasteiger partial charge on any atom is 0.251 e. The monoisotopic (exact) mass is 300 g/mol. The van der Waals surface area contributed by atoms with Crippen molar-refractivity contribution in [2.24, 2.45) is 0 Å². The van der Waals surface area contributed by atoms with Gasteiger partial charge < -0.3 is 10.4 Å². The average molecular weight is 300 g/mol. The number of carbonyl (C=O) groups is 1. The zero-order chi connectivity index (χ0) is 15.1. The number of aliphatic hydroxyl groups excluding tert-OH is 1. The van der Waals surface area contributed by atoms with Gasteiger partial charge in [-0.15, -0.1) is 11.3 Å². The van der Waals surface area contributed by atoms with Gasteiger partial charge in [-0.25, -0.2) is 4.98 Å². The molecule has 0 saturated carbocycles. The minimum absolute atomic E-state index is 0.0601. The zero-order valence-corrected chi connectivity index (χ0v) is 12.5. The van der Waals surface area contributed by atoms with E-state index in [4.69, 9.17) is 5.11 Å². The summed E-state index contributed by atoms with van der Waals surface area (Å²) in [7, 11) is 0. The summed E-state index contributed by atoms with van der Waals surface area (Å²) in [5, 5.41) is 12.5. The molecule has 0 radical (unpaired) electrons. The molecule has 1 aromatic heterocycles. The molecule has 2 N–H and O–H groups in total. The van der Waals surface area contributed by atoms with E-state index >= 15 is 0 Å². The van der Waals surface area contributed by atoms with E-state index < -0.39 is 0 Å². The van der Waals surface area contributed by atoms with Gasteiger partial charge in [0.05, 0.1) is 18.2 Å². The van der Waals surface area contributed by atoms with Crippen LogP contribution in [-0.4, -0.2) is 22.6 Å². The molecular formula is C16H16N2O2S. The number of rotatable bonds is 4. The van der Waals surface area contributed by atoms with Crippen molar-refractivity contribution in [1.29, 1.82) is 0 Å². The van der Waals surface area contributed by atoms with E-state index in [1.165, 1.54) is 0 Å². The molecule has 1 heterocycles. The van der Waals surface area contributed by atoms with Crippen LogP contribution in [0.15, 0.2) is 30.5 Å². The second-order valence-electron chi connectivity index (χ2n) is 4.38. The summed E-state index contributed by atoms with van der Waals surface area (Å²) in [4.78, 5) is 17.2. The van der Waals surface area contributed by atoms with Crippen molar-refractivity contribution < 1.29 is 9.90 Å². The maximum atomic E-state index is 12.0. The predicted octanol–water partition coefficient (Wildman–Crippen LogP) is 2.12. The van der Waals surface area contributed by atoms with Crippen LogP contribution in [0.5, 0.6) is 0 Å². The molecule has 2 rings (SSSR count). The van der Waals surface area contributed by atoms with Gasteiger partial charge in [0, 0.05) is 28.6 Å². The third kappa shape index (κ3) is 4.71. The van der Waals surface area contributed by atoms with Gasteiger partial charge in [0.1, 0.15) is 0 Å². The lowest BCUT2D eigenvalue weighted by molar-refractivity contribution is 0.0951. The van der Waals surface area contributed by atoms with E-state index in [2.05, 4.69) is 22.1 Å². The molecule has 0 spiro atoms. The fourth-order valence-corrected chi connectivity index (χ4v) is 2.42. The van der Waals surface area contributed by atoms with Crippen molar-refractivity contribution in [1.82, 2.24) is 10.3 Å². The first kappa shape index (κ1) is 15.2. The highest BCUT2D eigenvalue weighted by atomic mass is 32.1. The smallest absolute Gasteiger partial charge is 0.251 e. The highest BCUT2D eigenvalue weighted by Gasteiger charge is 2.06. The fourth-order valence-electron chi connectivity index (χ4n) is 1.68. The highest BCUT2D eigenvalue weighted by Crippen LogP contribution is 2.11. The van der Waals surface area contributed by atoms with Crippen molar-refractivity contribution in [2.45, 2.75) is 19.9 Å². The first-order chi connectivity index (χ1) is 10.2. The zero-order valence-electron chi connectivity index (χ0n) is 11.7. The lowest BCUT2D eigenvalue weighted by Crippen LogP contribution is -2.22. The summed E-state index contributed by atoms with van der Waals surface area (Å²) < 4.78 is 0. The standard InChI is InChI=1S/C16H16N2O2S/c1-12-17-10-15(21-12)11-18-16(20)14-7-5-13(6-8-14)4-2-3-9-19/h5-8,10,19H,3,9,11H2,1H3,(H,18,20). The van der Waals surface area contributed by atoms with Crippen LogP contribution < -0.4 is 5.32 Å². The molecule has 0 aliphatic heterocycles. The first-order valence-electron chi connectivity index (χ1n) is 6.58. The SMILES string of the molecule is Cc1ncc(CNC(=O)c2ccc(C#CCCO)cc2)s1. The van der Waals surface area contributed by atoms with Gasteiger partial charge in [-0.2, -0.15) is 0 Å². The van der Waals surface area contributed by atoms with Crippen LogP contribution in [-0.2, 0) is 6.54 Å². The molecule has 5 heteroatoms. The van der Waals surface area contributed by atoms with Crippen LogP contribution in [0.3, 0.4) is 0 Å². The number of benzene rings is 1. The van der Waals surface area contributed by atoms with Crippen molar-refractivity contribution in [2.75, 3.05) is 6.61 Å². The number of nitrogens with zero attached hydrogens (tertiary/aromatic N) is 1. The molecule has 0 bridgehead atoms.